The number of rotatable bonds is 9. The van der Waals surface area contributed by atoms with E-state index in [1.165, 1.54) is 6.21 Å². The van der Waals surface area contributed by atoms with Crippen molar-refractivity contribution >= 4 is 29.6 Å². The minimum atomic E-state index is -0.857. The Labute approximate surface area is 204 Å². The molecule has 0 spiro atoms. The maximum atomic E-state index is 12.3. The lowest BCUT2D eigenvalue weighted by molar-refractivity contribution is -0.139. The molecule has 3 aromatic rings. The first-order valence-corrected chi connectivity index (χ1v) is 11.2. The lowest BCUT2D eigenvalue weighted by Gasteiger charge is -2.11. The molecule has 3 N–H and O–H groups in total. The van der Waals surface area contributed by atoms with Crippen LogP contribution in [0.1, 0.15) is 22.3 Å². The van der Waals surface area contributed by atoms with Crippen molar-refractivity contribution in [2.75, 3.05) is 18.5 Å². The fraction of sp³-hybridized carbons (Fsp3) is 0.185. The molecule has 0 fully saturated rings. The third-order valence-electron chi connectivity index (χ3n) is 5.23. The van der Waals surface area contributed by atoms with Gasteiger partial charge < -0.3 is 15.4 Å². The van der Waals surface area contributed by atoms with E-state index in [9.17, 15) is 14.4 Å². The molecule has 35 heavy (non-hydrogen) atoms. The third kappa shape index (κ3) is 8.12. The normalized spacial score (nSPS) is 10.6. The van der Waals surface area contributed by atoms with Crippen molar-refractivity contribution in [3.8, 4) is 5.75 Å². The van der Waals surface area contributed by atoms with Gasteiger partial charge in [-0.2, -0.15) is 5.10 Å². The average molecular weight is 473 g/mol. The van der Waals surface area contributed by atoms with Gasteiger partial charge in [-0.3, -0.25) is 14.4 Å². The predicted octanol–water partition coefficient (Wildman–Crippen LogP) is 3.13. The fourth-order valence-corrected chi connectivity index (χ4v) is 3.17. The second kappa shape index (κ2) is 12.7. The van der Waals surface area contributed by atoms with Crippen molar-refractivity contribution in [2.45, 2.75) is 20.3 Å². The second-order valence-corrected chi connectivity index (χ2v) is 7.85. The van der Waals surface area contributed by atoms with E-state index in [4.69, 9.17) is 4.74 Å². The molecular formula is C27H28N4O4. The van der Waals surface area contributed by atoms with Gasteiger partial charge in [0.15, 0.2) is 6.61 Å². The quantitative estimate of drug-likeness (QED) is 0.253. The highest BCUT2D eigenvalue weighted by Crippen LogP contribution is 2.18. The van der Waals surface area contributed by atoms with Crippen molar-refractivity contribution < 1.29 is 19.1 Å². The zero-order valence-corrected chi connectivity index (χ0v) is 19.7. The molecule has 0 bridgehead atoms. The number of nitrogens with zero attached hydrogens (tertiary/aromatic N) is 1. The Morgan fingerprint density at radius 3 is 2.49 bits per heavy atom. The first kappa shape index (κ1) is 25.2. The van der Waals surface area contributed by atoms with Crippen LogP contribution < -0.4 is 20.8 Å². The second-order valence-electron chi connectivity index (χ2n) is 7.85. The van der Waals surface area contributed by atoms with E-state index in [-0.39, 0.29) is 12.5 Å². The number of carbonyl (C=O) groups is 3. The van der Waals surface area contributed by atoms with Crippen LogP contribution in [0, 0.1) is 13.8 Å². The molecule has 3 rings (SSSR count). The van der Waals surface area contributed by atoms with E-state index in [0.717, 1.165) is 22.4 Å². The van der Waals surface area contributed by atoms with Gasteiger partial charge in [0.25, 0.3) is 5.91 Å². The van der Waals surface area contributed by atoms with Gasteiger partial charge in [0.05, 0.1) is 6.21 Å². The number of carbonyl (C=O) groups excluding carboxylic acids is 3. The number of amides is 3. The molecule has 0 heterocycles. The van der Waals surface area contributed by atoms with Crippen LogP contribution in [-0.2, 0) is 20.8 Å². The van der Waals surface area contributed by atoms with E-state index in [1.807, 2.05) is 62.4 Å². The predicted molar refractivity (Wildman–Crippen MR) is 135 cm³/mol. The van der Waals surface area contributed by atoms with Crippen molar-refractivity contribution in [1.29, 1.82) is 0 Å². The summed E-state index contributed by atoms with van der Waals surface area (Å²) in [7, 11) is 0. The van der Waals surface area contributed by atoms with E-state index >= 15 is 0 Å². The Morgan fingerprint density at radius 2 is 1.69 bits per heavy atom. The number of anilines is 1. The minimum Gasteiger partial charge on any atom is -0.484 e. The summed E-state index contributed by atoms with van der Waals surface area (Å²) in [6, 6.07) is 22.2. The Morgan fingerprint density at radius 1 is 0.914 bits per heavy atom. The third-order valence-corrected chi connectivity index (χ3v) is 5.23. The maximum absolute atomic E-state index is 12.3. The number of hydrazone groups is 1. The first-order chi connectivity index (χ1) is 16.9. The number of ether oxygens (including phenoxy) is 1. The maximum Gasteiger partial charge on any atom is 0.329 e. The van der Waals surface area contributed by atoms with Crippen LogP contribution in [0.2, 0.25) is 0 Å². The summed E-state index contributed by atoms with van der Waals surface area (Å²) in [5, 5.41) is 9.22. The highest BCUT2D eigenvalue weighted by molar-refractivity contribution is 6.35. The summed E-state index contributed by atoms with van der Waals surface area (Å²) in [4.78, 5) is 36.1. The van der Waals surface area contributed by atoms with Gasteiger partial charge in [0, 0.05) is 12.2 Å². The number of benzene rings is 3. The van der Waals surface area contributed by atoms with Crippen molar-refractivity contribution in [1.82, 2.24) is 10.7 Å². The Balaban J connectivity index is 1.43. The molecule has 0 aromatic heterocycles. The van der Waals surface area contributed by atoms with Crippen LogP contribution in [0.3, 0.4) is 0 Å². The van der Waals surface area contributed by atoms with Crippen molar-refractivity contribution in [3.05, 3.63) is 95.1 Å². The van der Waals surface area contributed by atoms with Gasteiger partial charge in [0.1, 0.15) is 5.75 Å². The standard InChI is InChI=1S/C27H28N4O4/c1-19-8-6-13-24(20(19)2)30-25(32)18-35-23-12-7-11-22(16-23)17-29-31-27(34)26(33)28-15-14-21-9-4-3-5-10-21/h3-13,16-17H,14-15,18H2,1-2H3,(H,28,33)(H,30,32)(H,31,34)/b29-17-. The van der Waals surface area contributed by atoms with E-state index < -0.39 is 11.8 Å². The molecule has 0 atom stereocenters. The molecule has 0 aliphatic rings. The van der Waals surface area contributed by atoms with Gasteiger partial charge in [-0.15, -0.1) is 0 Å². The zero-order valence-electron chi connectivity index (χ0n) is 19.7. The molecule has 0 aliphatic heterocycles. The van der Waals surface area contributed by atoms with E-state index in [1.54, 1.807) is 24.3 Å². The molecule has 8 heteroatoms. The smallest absolute Gasteiger partial charge is 0.329 e. The van der Waals surface area contributed by atoms with Gasteiger partial charge in [0.2, 0.25) is 0 Å². The zero-order chi connectivity index (χ0) is 25.0. The average Bonchev–Trinajstić information content (AvgIpc) is 2.86. The monoisotopic (exact) mass is 472 g/mol. The number of hydrogen-bond donors (Lipinski definition) is 3. The molecule has 0 saturated carbocycles. The summed E-state index contributed by atoms with van der Waals surface area (Å²) >= 11 is 0. The van der Waals surface area contributed by atoms with E-state index in [2.05, 4.69) is 21.2 Å². The summed E-state index contributed by atoms with van der Waals surface area (Å²) < 4.78 is 5.57. The molecule has 3 aromatic carbocycles. The molecule has 0 saturated heterocycles. The summed E-state index contributed by atoms with van der Waals surface area (Å²) in [5.74, 6) is -1.42. The van der Waals surface area contributed by atoms with Crippen LogP contribution in [0.25, 0.3) is 0 Å². The largest absolute Gasteiger partial charge is 0.484 e. The summed E-state index contributed by atoms with van der Waals surface area (Å²) in [5.41, 5.74) is 6.74. The molecule has 180 valence electrons. The highest BCUT2D eigenvalue weighted by atomic mass is 16.5. The number of aryl methyl sites for hydroxylation is 1. The Bertz CT molecular complexity index is 1210. The van der Waals surface area contributed by atoms with Crippen LogP contribution in [0.5, 0.6) is 5.75 Å². The fourth-order valence-electron chi connectivity index (χ4n) is 3.17. The van der Waals surface area contributed by atoms with Crippen LogP contribution in [-0.4, -0.2) is 37.1 Å². The Kier molecular flexibility index (Phi) is 9.13. The lowest BCUT2D eigenvalue weighted by atomic mass is 10.1. The minimum absolute atomic E-state index is 0.159. The van der Waals surface area contributed by atoms with Crippen LogP contribution in [0.4, 0.5) is 5.69 Å². The Hall–Kier alpha value is -4.46. The van der Waals surface area contributed by atoms with Gasteiger partial charge in [-0.1, -0.05) is 54.6 Å². The molecule has 0 radical (unpaired) electrons. The lowest BCUT2D eigenvalue weighted by Crippen LogP contribution is -2.38. The van der Waals surface area contributed by atoms with Gasteiger partial charge in [-0.05, 0) is 60.7 Å². The molecular weight excluding hydrogens is 444 g/mol. The molecule has 0 unspecified atom stereocenters. The highest BCUT2D eigenvalue weighted by Gasteiger charge is 2.11. The topological polar surface area (TPSA) is 109 Å². The SMILES string of the molecule is Cc1cccc(NC(=O)COc2cccc(/C=N\NC(=O)C(=O)NCCc3ccccc3)c2)c1C. The number of hydrogen-bond acceptors (Lipinski definition) is 5. The first-order valence-electron chi connectivity index (χ1n) is 11.2. The van der Waals surface area contributed by atoms with E-state index in [0.29, 0.717) is 24.3 Å². The van der Waals surface area contributed by atoms with Gasteiger partial charge in [-0.25, -0.2) is 5.43 Å². The van der Waals surface area contributed by atoms with Crippen molar-refractivity contribution in [3.63, 3.8) is 0 Å². The number of nitrogens with one attached hydrogen (secondary N) is 3. The van der Waals surface area contributed by atoms with Crippen molar-refractivity contribution in [2.24, 2.45) is 5.10 Å². The molecule has 3 amide bonds. The summed E-state index contributed by atoms with van der Waals surface area (Å²) in [6.07, 6.45) is 2.01. The molecule has 0 aliphatic carbocycles. The van der Waals surface area contributed by atoms with Crippen LogP contribution >= 0.6 is 0 Å². The van der Waals surface area contributed by atoms with Gasteiger partial charge >= 0.3 is 11.8 Å². The molecule has 8 nitrogen and oxygen atoms in total. The summed E-state index contributed by atoms with van der Waals surface area (Å²) in [6.45, 7) is 4.11. The van der Waals surface area contributed by atoms with Crippen LogP contribution in [0.15, 0.2) is 77.9 Å².